The van der Waals surface area contributed by atoms with E-state index in [9.17, 15) is 8.78 Å². The van der Waals surface area contributed by atoms with Crippen molar-refractivity contribution >= 4 is 0 Å². The third-order valence-corrected chi connectivity index (χ3v) is 6.89. The Labute approximate surface area is 234 Å². The van der Waals surface area contributed by atoms with E-state index in [1.807, 2.05) is 24.3 Å². The molecule has 0 saturated carbocycles. The van der Waals surface area contributed by atoms with Gasteiger partial charge in [0.05, 0.1) is 12.1 Å². The van der Waals surface area contributed by atoms with Gasteiger partial charge in [0, 0.05) is 51.9 Å². The van der Waals surface area contributed by atoms with Crippen molar-refractivity contribution in [2.45, 2.75) is 69.9 Å². The predicted octanol–water partition coefficient (Wildman–Crippen LogP) is 7.15. The first-order valence-corrected chi connectivity index (χ1v) is 13.9. The SMILES string of the molecule is C#CCCCCC#CC(c1ccc(F)cc1)N1CCCN(C(C#CCCCCC#C)c2ccc(F)cc2)CC1. The summed E-state index contributed by atoms with van der Waals surface area (Å²) < 4.78 is 27.4. The van der Waals surface area contributed by atoms with Gasteiger partial charge in [0.25, 0.3) is 0 Å². The van der Waals surface area contributed by atoms with E-state index in [1.165, 1.54) is 24.3 Å². The first-order chi connectivity index (χ1) is 19.1. The summed E-state index contributed by atoms with van der Waals surface area (Å²) in [4.78, 5) is 4.77. The van der Waals surface area contributed by atoms with Crippen LogP contribution >= 0.6 is 0 Å². The average Bonchev–Trinajstić information content (AvgIpc) is 3.20. The third-order valence-electron chi connectivity index (χ3n) is 6.89. The van der Waals surface area contributed by atoms with Crippen LogP contribution in [0.5, 0.6) is 0 Å². The van der Waals surface area contributed by atoms with Crippen LogP contribution in [-0.4, -0.2) is 36.0 Å². The fourth-order valence-corrected chi connectivity index (χ4v) is 4.75. The van der Waals surface area contributed by atoms with E-state index in [-0.39, 0.29) is 23.7 Å². The fourth-order valence-electron chi connectivity index (χ4n) is 4.75. The van der Waals surface area contributed by atoms with E-state index in [4.69, 9.17) is 12.8 Å². The van der Waals surface area contributed by atoms with Gasteiger partial charge in [-0.25, -0.2) is 8.78 Å². The lowest BCUT2D eigenvalue weighted by Crippen LogP contribution is -2.34. The van der Waals surface area contributed by atoms with Gasteiger partial charge >= 0.3 is 0 Å². The molecule has 3 rings (SSSR count). The molecule has 1 aliphatic rings. The van der Waals surface area contributed by atoms with Gasteiger partial charge in [-0.15, -0.1) is 36.5 Å². The molecule has 0 bridgehead atoms. The lowest BCUT2D eigenvalue weighted by Gasteiger charge is -2.29. The summed E-state index contributed by atoms with van der Waals surface area (Å²) in [5, 5.41) is 0. The van der Waals surface area contributed by atoms with Crippen LogP contribution in [0.4, 0.5) is 8.78 Å². The summed E-state index contributed by atoms with van der Waals surface area (Å²) in [7, 11) is 0. The van der Waals surface area contributed by atoms with Gasteiger partial charge in [-0.05, 0) is 67.5 Å². The first kappa shape index (κ1) is 30.0. The largest absolute Gasteiger partial charge is 0.285 e. The number of nitrogens with zero attached hydrogens (tertiary/aromatic N) is 2. The monoisotopic (exact) mass is 524 g/mol. The highest BCUT2D eigenvalue weighted by atomic mass is 19.1. The van der Waals surface area contributed by atoms with Gasteiger partial charge < -0.3 is 0 Å². The number of hydrogen-bond acceptors (Lipinski definition) is 2. The van der Waals surface area contributed by atoms with Gasteiger partial charge in [-0.1, -0.05) is 36.1 Å². The molecule has 0 radical (unpaired) electrons. The molecule has 0 amide bonds. The van der Waals surface area contributed by atoms with Gasteiger partial charge in [0.2, 0.25) is 0 Å². The van der Waals surface area contributed by atoms with E-state index in [0.29, 0.717) is 0 Å². The van der Waals surface area contributed by atoms with E-state index in [0.717, 1.165) is 95.1 Å². The summed E-state index contributed by atoms with van der Waals surface area (Å²) >= 11 is 0. The topological polar surface area (TPSA) is 6.48 Å². The van der Waals surface area contributed by atoms with Gasteiger partial charge in [0.15, 0.2) is 0 Å². The van der Waals surface area contributed by atoms with Crippen LogP contribution in [0.3, 0.4) is 0 Å². The Balaban J connectivity index is 1.75. The van der Waals surface area contributed by atoms with Crippen LogP contribution in [0.1, 0.15) is 81.0 Å². The molecule has 202 valence electrons. The highest BCUT2D eigenvalue weighted by Gasteiger charge is 2.26. The standard InChI is InChI=1S/C35H38F2N2/c1-3-5-7-9-11-13-16-34(30-18-22-32(36)23-19-30)38-26-15-27-39(29-28-38)35(17-14-12-10-8-6-4-2)31-20-24-33(37)25-21-31/h1-2,18-25,34-35H,5-12,15,26-29H2. The van der Waals surface area contributed by atoms with Crippen LogP contribution in [0, 0.1) is 60.0 Å². The zero-order chi connectivity index (χ0) is 27.7. The first-order valence-electron chi connectivity index (χ1n) is 13.9. The van der Waals surface area contributed by atoms with Gasteiger partial charge in [-0.2, -0.15) is 0 Å². The average molecular weight is 525 g/mol. The molecule has 2 nitrogen and oxygen atoms in total. The quantitative estimate of drug-likeness (QED) is 0.241. The molecule has 0 spiro atoms. The van der Waals surface area contributed by atoms with Crippen molar-refractivity contribution in [3.05, 3.63) is 71.3 Å². The number of unbranched alkanes of at least 4 members (excludes halogenated alkanes) is 6. The van der Waals surface area contributed by atoms with Crippen molar-refractivity contribution in [2.75, 3.05) is 26.2 Å². The minimum atomic E-state index is -0.248. The molecular weight excluding hydrogens is 486 g/mol. The van der Waals surface area contributed by atoms with Crippen molar-refractivity contribution < 1.29 is 8.78 Å². The highest BCUT2D eigenvalue weighted by Crippen LogP contribution is 2.26. The van der Waals surface area contributed by atoms with Gasteiger partial charge in [0.1, 0.15) is 11.6 Å². The zero-order valence-corrected chi connectivity index (χ0v) is 22.8. The molecule has 39 heavy (non-hydrogen) atoms. The molecule has 2 atom stereocenters. The molecule has 2 unspecified atom stereocenters. The summed E-state index contributed by atoms with van der Waals surface area (Å²) in [6, 6.07) is 13.1. The molecule has 0 aromatic heterocycles. The van der Waals surface area contributed by atoms with Gasteiger partial charge in [-0.3, -0.25) is 9.80 Å². The van der Waals surface area contributed by atoms with Crippen molar-refractivity contribution in [3.63, 3.8) is 0 Å². The summed E-state index contributed by atoms with van der Waals surface area (Å²) in [6.45, 7) is 3.35. The minimum absolute atomic E-state index is 0.107. The smallest absolute Gasteiger partial charge is 0.123 e. The van der Waals surface area contributed by atoms with Crippen LogP contribution in [-0.2, 0) is 0 Å². The van der Waals surface area contributed by atoms with E-state index in [1.54, 1.807) is 0 Å². The van der Waals surface area contributed by atoms with Crippen molar-refractivity contribution in [1.29, 1.82) is 0 Å². The van der Waals surface area contributed by atoms with Crippen LogP contribution < -0.4 is 0 Å². The molecule has 0 N–H and O–H groups in total. The fraction of sp³-hybridized carbons (Fsp3) is 0.429. The molecule has 4 heteroatoms. The van der Waals surface area contributed by atoms with E-state index in [2.05, 4.69) is 45.3 Å². The zero-order valence-electron chi connectivity index (χ0n) is 22.8. The minimum Gasteiger partial charge on any atom is -0.285 e. The van der Waals surface area contributed by atoms with Crippen LogP contribution in [0.25, 0.3) is 0 Å². The molecule has 1 aliphatic heterocycles. The van der Waals surface area contributed by atoms with Crippen LogP contribution in [0.15, 0.2) is 48.5 Å². The third kappa shape index (κ3) is 10.3. The second-order valence-electron chi connectivity index (χ2n) is 9.80. The molecule has 0 aliphatic carbocycles. The summed E-state index contributed by atoms with van der Waals surface area (Å²) in [5.74, 6) is 18.5. The summed E-state index contributed by atoms with van der Waals surface area (Å²) in [6.07, 6.45) is 18.7. The maximum absolute atomic E-state index is 13.7. The molecule has 2 aromatic carbocycles. The normalized spacial score (nSPS) is 15.4. The Hall–Kier alpha value is -3.54. The number of rotatable bonds is 10. The Bertz CT molecular complexity index is 1120. The maximum atomic E-state index is 13.7. The van der Waals surface area contributed by atoms with Crippen molar-refractivity contribution in [2.24, 2.45) is 0 Å². The number of halogens is 2. The molecule has 1 saturated heterocycles. The number of benzene rings is 2. The Kier molecular flexibility index (Phi) is 13.2. The second kappa shape index (κ2) is 17.1. The lowest BCUT2D eigenvalue weighted by atomic mass is 10.0. The Morgan fingerprint density at radius 2 is 0.974 bits per heavy atom. The number of hydrogen-bond donors (Lipinski definition) is 0. The molecule has 2 aromatic rings. The Morgan fingerprint density at radius 3 is 1.36 bits per heavy atom. The van der Waals surface area contributed by atoms with Crippen LogP contribution in [0.2, 0.25) is 0 Å². The molecule has 1 heterocycles. The highest BCUT2D eigenvalue weighted by molar-refractivity contribution is 5.29. The lowest BCUT2D eigenvalue weighted by molar-refractivity contribution is 0.217. The van der Waals surface area contributed by atoms with E-state index < -0.39 is 0 Å². The van der Waals surface area contributed by atoms with E-state index >= 15 is 0 Å². The predicted molar refractivity (Wildman–Crippen MR) is 156 cm³/mol. The molecular formula is C35H38F2N2. The number of terminal acetylenes is 2. The second-order valence-corrected chi connectivity index (χ2v) is 9.80. The summed E-state index contributed by atoms with van der Waals surface area (Å²) in [5.41, 5.74) is 2.01. The van der Waals surface area contributed by atoms with Crippen molar-refractivity contribution in [3.8, 4) is 48.4 Å². The Morgan fingerprint density at radius 1 is 0.590 bits per heavy atom. The molecule has 1 fully saturated rings. The van der Waals surface area contributed by atoms with Crippen molar-refractivity contribution in [1.82, 2.24) is 9.80 Å². The maximum Gasteiger partial charge on any atom is 0.123 e.